The van der Waals surface area contributed by atoms with Gasteiger partial charge in [-0.1, -0.05) is 42.5 Å². The molecule has 0 saturated carbocycles. The average Bonchev–Trinajstić information content (AvgIpc) is 2.74. The predicted molar refractivity (Wildman–Crippen MR) is 81.9 cm³/mol. The number of hydrogen-bond acceptors (Lipinski definition) is 2. The summed E-state index contributed by atoms with van der Waals surface area (Å²) in [6, 6.07) is 16.7. The Morgan fingerprint density at radius 3 is 2.65 bits per heavy atom. The molecule has 100 valence electrons. The highest BCUT2D eigenvalue weighted by atomic mass is 32.2. The first kappa shape index (κ1) is 12.0. The standard InChI is InChI=1S/C17H15NOS/c19-17-15-8-4-3-7-14(15)16-13-6-2-1-5-12(13)9-10-20-11-18(16)17/h1-8,16H,9-11H2. The van der Waals surface area contributed by atoms with Gasteiger partial charge in [-0.2, -0.15) is 0 Å². The molecule has 0 saturated heterocycles. The molecule has 1 unspecified atom stereocenters. The highest BCUT2D eigenvalue weighted by Crippen LogP contribution is 2.41. The first-order chi connectivity index (χ1) is 9.86. The van der Waals surface area contributed by atoms with Gasteiger partial charge in [0.15, 0.2) is 0 Å². The van der Waals surface area contributed by atoms with Crippen LogP contribution in [0.1, 0.15) is 33.1 Å². The molecule has 2 aromatic rings. The molecule has 1 atom stereocenters. The molecule has 3 heteroatoms. The zero-order chi connectivity index (χ0) is 13.5. The molecule has 1 amide bonds. The molecular weight excluding hydrogens is 266 g/mol. The third-order valence-corrected chi connectivity index (χ3v) is 5.11. The Hall–Kier alpha value is -1.74. The molecule has 4 rings (SSSR count). The second kappa shape index (κ2) is 4.67. The largest absolute Gasteiger partial charge is 0.318 e. The van der Waals surface area contributed by atoms with Crippen molar-refractivity contribution in [1.29, 1.82) is 0 Å². The van der Waals surface area contributed by atoms with Crippen molar-refractivity contribution < 1.29 is 4.79 Å². The van der Waals surface area contributed by atoms with Crippen LogP contribution in [0.3, 0.4) is 0 Å². The molecule has 0 radical (unpaired) electrons. The van der Waals surface area contributed by atoms with Crippen molar-refractivity contribution in [2.45, 2.75) is 12.5 Å². The second-order valence-corrected chi connectivity index (χ2v) is 6.33. The summed E-state index contributed by atoms with van der Waals surface area (Å²) >= 11 is 1.85. The lowest BCUT2D eigenvalue weighted by molar-refractivity contribution is 0.0783. The number of fused-ring (bicyclic) bond motifs is 5. The third kappa shape index (κ3) is 1.70. The van der Waals surface area contributed by atoms with Crippen LogP contribution in [0.15, 0.2) is 48.5 Å². The number of amides is 1. The van der Waals surface area contributed by atoms with E-state index < -0.39 is 0 Å². The number of aryl methyl sites for hydroxylation is 1. The van der Waals surface area contributed by atoms with Crippen molar-refractivity contribution >= 4 is 17.7 Å². The summed E-state index contributed by atoms with van der Waals surface area (Å²) in [6.07, 6.45) is 1.08. The predicted octanol–water partition coefficient (Wildman–Crippen LogP) is 3.48. The summed E-state index contributed by atoms with van der Waals surface area (Å²) in [5.41, 5.74) is 4.70. The van der Waals surface area contributed by atoms with Crippen LogP contribution in [0.5, 0.6) is 0 Å². The Morgan fingerprint density at radius 2 is 1.75 bits per heavy atom. The minimum atomic E-state index is 0.0997. The number of hydrogen-bond donors (Lipinski definition) is 0. The molecule has 2 nitrogen and oxygen atoms in total. The molecule has 0 N–H and O–H groups in total. The number of nitrogens with zero attached hydrogens (tertiary/aromatic N) is 1. The highest BCUT2D eigenvalue weighted by molar-refractivity contribution is 7.99. The molecule has 0 bridgehead atoms. The fourth-order valence-electron chi connectivity index (χ4n) is 3.21. The summed E-state index contributed by atoms with van der Waals surface area (Å²) < 4.78 is 0. The van der Waals surface area contributed by atoms with Crippen molar-refractivity contribution in [3.05, 3.63) is 70.8 Å². The maximum absolute atomic E-state index is 12.6. The maximum Gasteiger partial charge on any atom is 0.255 e. The van der Waals surface area contributed by atoms with Crippen LogP contribution in [0.2, 0.25) is 0 Å². The zero-order valence-corrected chi connectivity index (χ0v) is 11.9. The van der Waals surface area contributed by atoms with Gasteiger partial charge >= 0.3 is 0 Å². The minimum Gasteiger partial charge on any atom is -0.318 e. The van der Waals surface area contributed by atoms with Gasteiger partial charge in [0.1, 0.15) is 0 Å². The second-order valence-electron chi connectivity index (χ2n) is 5.25. The van der Waals surface area contributed by atoms with Gasteiger partial charge in [-0.05, 0) is 34.9 Å². The molecule has 0 fully saturated rings. The Morgan fingerprint density at radius 1 is 1.00 bits per heavy atom. The van der Waals surface area contributed by atoms with E-state index in [-0.39, 0.29) is 11.9 Å². The Balaban J connectivity index is 1.94. The summed E-state index contributed by atoms with van der Waals surface area (Å²) in [6.45, 7) is 0. The van der Waals surface area contributed by atoms with E-state index in [0.29, 0.717) is 0 Å². The van der Waals surface area contributed by atoms with Crippen LogP contribution in [0, 0.1) is 0 Å². The quantitative estimate of drug-likeness (QED) is 0.737. The van der Waals surface area contributed by atoms with E-state index >= 15 is 0 Å². The lowest BCUT2D eigenvalue weighted by Crippen LogP contribution is -2.30. The highest BCUT2D eigenvalue weighted by Gasteiger charge is 2.38. The van der Waals surface area contributed by atoms with Gasteiger partial charge in [-0.15, -0.1) is 11.8 Å². The zero-order valence-electron chi connectivity index (χ0n) is 11.1. The smallest absolute Gasteiger partial charge is 0.255 e. The number of carbonyl (C=O) groups excluding carboxylic acids is 1. The van der Waals surface area contributed by atoms with Crippen molar-refractivity contribution in [1.82, 2.24) is 4.90 Å². The van der Waals surface area contributed by atoms with E-state index in [9.17, 15) is 4.79 Å². The van der Waals surface area contributed by atoms with Gasteiger partial charge in [0.05, 0.1) is 11.9 Å². The Kier molecular flexibility index (Phi) is 2.81. The van der Waals surface area contributed by atoms with Crippen molar-refractivity contribution in [3.63, 3.8) is 0 Å². The normalized spacial score (nSPS) is 20.7. The molecule has 0 aromatic heterocycles. The van der Waals surface area contributed by atoms with E-state index in [2.05, 4.69) is 30.3 Å². The maximum atomic E-state index is 12.6. The van der Waals surface area contributed by atoms with Gasteiger partial charge in [-0.3, -0.25) is 4.79 Å². The average molecular weight is 281 g/mol. The summed E-state index contributed by atoms with van der Waals surface area (Å²) in [5, 5.41) is 0. The molecule has 2 aromatic carbocycles. The molecule has 20 heavy (non-hydrogen) atoms. The van der Waals surface area contributed by atoms with Gasteiger partial charge in [-0.25, -0.2) is 0 Å². The van der Waals surface area contributed by atoms with Crippen molar-refractivity contribution in [3.8, 4) is 0 Å². The van der Waals surface area contributed by atoms with Crippen molar-refractivity contribution in [2.75, 3.05) is 11.6 Å². The van der Waals surface area contributed by atoms with Crippen LogP contribution in [0.4, 0.5) is 0 Å². The van der Waals surface area contributed by atoms with Crippen LogP contribution < -0.4 is 0 Å². The first-order valence-corrected chi connectivity index (χ1v) is 8.07. The Labute approximate surface area is 122 Å². The lowest BCUT2D eigenvalue weighted by Gasteiger charge is -2.29. The summed E-state index contributed by atoms with van der Waals surface area (Å²) in [7, 11) is 0. The minimum absolute atomic E-state index is 0.0997. The van der Waals surface area contributed by atoms with Crippen LogP contribution in [0.25, 0.3) is 0 Å². The molecule has 2 heterocycles. The fraction of sp³-hybridized carbons (Fsp3) is 0.235. The first-order valence-electron chi connectivity index (χ1n) is 6.92. The number of thioether (sulfide) groups is 1. The fourth-order valence-corrected chi connectivity index (χ4v) is 4.17. The Bertz CT molecular complexity index is 682. The summed E-state index contributed by atoms with van der Waals surface area (Å²) in [4.78, 5) is 14.6. The van der Waals surface area contributed by atoms with Gasteiger partial charge in [0, 0.05) is 5.56 Å². The van der Waals surface area contributed by atoms with E-state index in [4.69, 9.17) is 0 Å². The molecule has 0 spiro atoms. The lowest BCUT2D eigenvalue weighted by atomic mass is 9.93. The number of carbonyl (C=O) groups is 1. The van der Waals surface area contributed by atoms with E-state index in [1.54, 1.807) is 0 Å². The molecule has 2 aliphatic heterocycles. The number of benzene rings is 2. The topological polar surface area (TPSA) is 20.3 Å². The SMILES string of the molecule is O=C1c2ccccc2C2c3ccccc3CCSCN12. The van der Waals surface area contributed by atoms with Gasteiger partial charge < -0.3 is 4.90 Å². The summed E-state index contributed by atoms with van der Waals surface area (Å²) in [5.74, 6) is 2.03. The van der Waals surface area contributed by atoms with Crippen LogP contribution in [-0.2, 0) is 6.42 Å². The van der Waals surface area contributed by atoms with Gasteiger partial charge in [0.25, 0.3) is 5.91 Å². The molecular formula is C17H15NOS. The van der Waals surface area contributed by atoms with Crippen molar-refractivity contribution in [2.24, 2.45) is 0 Å². The monoisotopic (exact) mass is 281 g/mol. The van der Waals surface area contributed by atoms with E-state index in [0.717, 1.165) is 29.2 Å². The van der Waals surface area contributed by atoms with Gasteiger partial charge in [0.2, 0.25) is 0 Å². The van der Waals surface area contributed by atoms with Crippen LogP contribution >= 0.6 is 11.8 Å². The van der Waals surface area contributed by atoms with Crippen LogP contribution in [-0.4, -0.2) is 22.4 Å². The van der Waals surface area contributed by atoms with E-state index in [1.807, 2.05) is 34.9 Å². The molecule has 0 aliphatic carbocycles. The molecule has 2 aliphatic rings. The third-order valence-electron chi connectivity index (χ3n) is 4.15. The van der Waals surface area contributed by atoms with E-state index in [1.165, 1.54) is 11.1 Å². The number of rotatable bonds is 0.